The molecule has 8 nitrogen and oxygen atoms in total. The molecule has 0 bridgehead atoms. The lowest BCUT2D eigenvalue weighted by atomic mass is 10.2. The topological polar surface area (TPSA) is 87.1 Å². The van der Waals surface area contributed by atoms with E-state index in [4.69, 9.17) is 11.6 Å². The van der Waals surface area contributed by atoms with E-state index in [0.717, 1.165) is 63.5 Å². The Balaban J connectivity index is 1.34. The van der Waals surface area contributed by atoms with Gasteiger partial charge in [-0.2, -0.15) is 0 Å². The zero-order chi connectivity index (χ0) is 22.8. The molecule has 0 atom stereocenters. The predicted octanol–water partition coefficient (Wildman–Crippen LogP) is 4.06. The molecule has 1 amide bonds. The molecule has 2 saturated heterocycles. The number of nitrogens with zero attached hydrogens (tertiary/aromatic N) is 5. The van der Waals surface area contributed by atoms with Gasteiger partial charge in [0.1, 0.15) is 5.69 Å². The van der Waals surface area contributed by atoms with Gasteiger partial charge in [0.15, 0.2) is 10.9 Å². The first-order valence-electron chi connectivity index (χ1n) is 11.2. The largest absolute Gasteiger partial charge is 0.356 e. The summed E-state index contributed by atoms with van der Waals surface area (Å²) in [6, 6.07) is 9.22. The van der Waals surface area contributed by atoms with Gasteiger partial charge in [-0.1, -0.05) is 35.5 Å². The van der Waals surface area contributed by atoms with E-state index in [2.05, 4.69) is 20.1 Å². The van der Waals surface area contributed by atoms with Crippen molar-refractivity contribution in [1.29, 1.82) is 0 Å². The maximum absolute atomic E-state index is 12.9. The fourth-order valence-electron chi connectivity index (χ4n) is 4.30. The smallest absolute Gasteiger partial charge is 0.270 e. The van der Waals surface area contributed by atoms with E-state index in [-0.39, 0.29) is 17.4 Å². The molecule has 0 radical (unpaired) electrons. The van der Waals surface area contributed by atoms with Gasteiger partial charge in [-0.05, 0) is 43.9 Å². The Kier molecular flexibility index (Phi) is 6.41. The molecule has 33 heavy (non-hydrogen) atoms. The molecule has 2 aliphatic rings. The Labute approximate surface area is 201 Å². The number of amides is 1. The SMILES string of the molecule is O=C(CSc1nnc(N2CCCC2)n1-c1ccccc1Cl)c1c[nH]c(C(=O)N2CCCC2)c1. The molecule has 1 N–H and O–H groups in total. The lowest BCUT2D eigenvalue weighted by Gasteiger charge is -2.19. The highest BCUT2D eigenvalue weighted by Gasteiger charge is 2.25. The van der Waals surface area contributed by atoms with Crippen LogP contribution in [0.5, 0.6) is 0 Å². The first-order valence-corrected chi connectivity index (χ1v) is 12.6. The highest BCUT2D eigenvalue weighted by molar-refractivity contribution is 7.99. The molecule has 0 unspecified atom stereocenters. The summed E-state index contributed by atoms with van der Waals surface area (Å²) in [4.78, 5) is 32.4. The van der Waals surface area contributed by atoms with Crippen LogP contribution in [0, 0.1) is 0 Å². The van der Waals surface area contributed by atoms with Crippen LogP contribution in [0.4, 0.5) is 5.95 Å². The van der Waals surface area contributed by atoms with Gasteiger partial charge < -0.3 is 14.8 Å². The van der Waals surface area contributed by atoms with Crippen LogP contribution in [0.2, 0.25) is 5.02 Å². The zero-order valence-electron chi connectivity index (χ0n) is 18.2. The van der Waals surface area contributed by atoms with Gasteiger partial charge in [0.05, 0.1) is 16.5 Å². The van der Waals surface area contributed by atoms with Crippen LogP contribution in [0.3, 0.4) is 0 Å². The van der Waals surface area contributed by atoms with Gasteiger partial charge in [-0.15, -0.1) is 10.2 Å². The lowest BCUT2D eigenvalue weighted by molar-refractivity contribution is 0.0787. The van der Waals surface area contributed by atoms with Gasteiger partial charge in [0.25, 0.3) is 5.91 Å². The first kappa shape index (κ1) is 22.0. The van der Waals surface area contributed by atoms with Crippen LogP contribution in [0.25, 0.3) is 5.69 Å². The molecular formula is C23H25ClN6O2S. The van der Waals surface area contributed by atoms with E-state index in [1.54, 1.807) is 12.3 Å². The number of carbonyl (C=O) groups is 2. The van der Waals surface area contributed by atoms with Gasteiger partial charge in [0.2, 0.25) is 5.95 Å². The van der Waals surface area contributed by atoms with E-state index in [1.165, 1.54) is 11.8 Å². The van der Waals surface area contributed by atoms with Crippen molar-refractivity contribution in [3.8, 4) is 5.69 Å². The number of rotatable bonds is 7. The van der Waals surface area contributed by atoms with Crippen molar-refractivity contribution in [2.75, 3.05) is 36.8 Å². The minimum Gasteiger partial charge on any atom is -0.356 e. The van der Waals surface area contributed by atoms with Crippen molar-refractivity contribution in [3.05, 3.63) is 52.8 Å². The molecule has 0 aliphatic carbocycles. The van der Waals surface area contributed by atoms with Crippen molar-refractivity contribution in [2.24, 2.45) is 0 Å². The molecule has 5 rings (SSSR count). The van der Waals surface area contributed by atoms with E-state index >= 15 is 0 Å². The highest BCUT2D eigenvalue weighted by Crippen LogP contribution is 2.32. The third-order valence-corrected chi connectivity index (χ3v) is 7.31. The third kappa shape index (κ3) is 4.52. The average molecular weight is 485 g/mol. The number of hydrogen-bond donors (Lipinski definition) is 1. The molecule has 1 aromatic carbocycles. The standard InChI is InChI=1S/C23H25ClN6O2S/c24-17-7-1-2-8-19(17)30-22(29-11-5-6-12-29)26-27-23(30)33-15-20(31)16-13-18(25-14-16)21(32)28-9-3-4-10-28/h1-2,7-8,13-14,25H,3-6,9-12,15H2. The minimum absolute atomic E-state index is 0.0482. The van der Waals surface area contributed by atoms with Crippen LogP contribution in [0.1, 0.15) is 46.5 Å². The second kappa shape index (κ2) is 9.61. The lowest BCUT2D eigenvalue weighted by Crippen LogP contribution is -2.27. The first-order chi connectivity index (χ1) is 16.1. The van der Waals surface area contributed by atoms with Gasteiger partial charge >= 0.3 is 0 Å². The van der Waals surface area contributed by atoms with Crippen LogP contribution in [-0.2, 0) is 0 Å². The summed E-state index contributed by atoms with van der Waals surface area (Å²) >= 11 is 7.82. The summed E-state index contributed by atoms with van der Waals surface area (Å²) in [6.45, 7) is 3.38. The molecule has 172 valence electrons. The molecule has 4 heterocycles. The number of likely N-dealkylation sites (tertiary alicyclic amines) is 1. The Morgan fingerprint density at radius 3 is 2.52 bits per heavy atom. The van der Waals surface area contributed by atoms with Crippen molar-refractivity contribution < 1.29 is 9.59 Å². The number of para-hydroxylation sites is 1. The number of anilines is 1. The normalized spacial score (nSPS) is 16.0. The van der Waals surface area contributed by atoms with Crippen molar-refractivity contribution in [1.82, 2.24) is 24.6 Å². The van der Waals surface area contributed by atoms with Crippen LogP contribution < -0.4 is 4.90 Å². The van der Waals surface area contributed by atoms with Crippen molar-refractivity contribution in [2.45, 2.75) is 30.8 Å². The molecule has 2 aromatic heterocycles. The van der Waals surface area contributed by atoms with Crippen molar-refractivity contribution >= 4 is 41.0 Å². The van der Waals surface area contributed by atoms with Crippen LogP contribution in [-0.4, -0.2) is 68.3 Å². The number of carbonyl (C=O) groups excluding carboxylic acids is 2. The number of benzene rings is 1. The summed E-state index contributed by atoms with van der Waals surface area (Å²) < 4.78 is 1.94. The molecule has 2 aliphatic heterocycles. The maximum Gasteiger partial charge on any atom is 0.270 e. The van der Waals surface area contributed by atoms with Crippen LogP contribution >= 0.6 is 23.4 Å². The molecule has 2 fully saturated rings. The summed E-state index contributed by atoms with van der Waals surface area (Å²) in [6.07, 6.45) is 5.89. The minimum atomic E-state index is -0.0758. The Bertz CT molecular complexity index is 1160. The van der Waals surface area contributed by atoms with E-state index in [0.29, 0.717) is 21.4 Å². The molecule has 3 aromatic rings. The summed E-state index contributed by atoms with van der Waals surface area (Å²) in [5.74, 6) is 0.800. The highest BCUT2D eigenvalue weighted by atomic mass is 35.5. The van der Waals surface area contributed by atoms with Crippen LogP contribution in [0.15, 0.2) is 41.7 Å². The number of Topliss-reactive ketones (excluding diaryl/α,β-unsaturated/α-hetero) is 1. The number of aromatic nitrogens is 4. The average Bonchev–Trinajstić information content (AvgIpc) is 3.63. The fraction of sp³-hybridized carbons (Fsp3) is 0.391. The number of nitrogens with one attached hydrogen (secondary N) is 1. The number of ketones is 1. The second-order valence-corrected chi connectivity index (χ2v) is 9.63. The van der Waals surface area contributed by atoms with Gasteiger partial charge in [0, 0.05) is 37.9 Å². The summed E-state index contributed by atoms with van der Waals surface area (Å²) in [5.41, 5.74) is 1.75. The Morgan fingerprint density at radius 1 is 1.03 bits per heavy atom. The zero-order valence-corrected chi connectivity index (χ0v) is 19.7. The quantitative estimate of drug-likeness (QED) is 0.402. The molecule has 0 saturated carbocycles. The van der Waals surface area contributed by atoms with E-state index < -0.39 is 0 Å². The molecular weight excluding hydrogens is 460 g/mol. The van der Waals surface area contributed by atoms with Crippen molar-refractivity contribution in [3.63, 3.8) is 0 Å². The Morgan fingerprint density at radius 2 is 1.76 bits per heavy atom. The number of H-pyrrole nitrogens is 1. The second-order valence-electron chi connectivity index (χ2n) is 8.28. The summed E-state index contributed by atoms with van der Waals surface area (Å²) in [5, 5.41) is 10.0. The number of halogens is 1. The Hall–Kier alpha value is -2.78. The van der Waals surface area contributed by atoms with E-state index in [9.17, 15) is 9.59 Å². The van der Waals surface area contributed by atoms with E-state index in [1.807, 2.05) is 33.7 Å². The van der Waals surface area contributed by atoms with Gasteiger partial charge in [-0.3, -0.25) is 14.2 Å². The monoisotopic (exact) mass is 484 g/mol. The maximum atomic E-state index is 12.9. The number of aromatic amines is 1. The molecule has 0 spiro atoms. The predicted molar refractivity (Wildman–Crippen MR) is 129 cm³/mol. The molecule has 10 heteroatoms. The third-order valence-electron chi connectivity index (χ3n) is 6.06. The number of thioether (sulfide) groups is 1. The number of hydrogen-bond acceptors (Lipinski definition) is 6. The fourth-order valence-corrected chi connectivity index (χ4v) is 5.36. The van der Waals surface area contributed by atoms with Gasteiger partial charge in [-0.25, -0.2) is 0 Å². The summed E-state index contributed by atoms with van der Waals surface area (Å²) in [7, 11) is 0.